The Balaban J connectivity index is 1.77. The summed E-state index contributed by atoms with van der Waals surface area (Å²) in [5, 5.41) is 9.45. The van der Waals surface area contributed by atoms with E-state index in [9.17, 15) is 19.5 Å². The first kappa shape index (κ1) is 24.0. The van der Waals surface area contributed by atoms with Crippen LogP contribution in [0.1, 0.15) is 46.5 Å². The maximum atomic E-state index is 14.0. The molecule has 8 nitrogen and oxygen atoms in total. The highest BCUT2D eigenvalue weighted by atomic mass is 16.5. The van der Waals surface area contributed by atoms with E-state index in [1.54, 1.807) is 9.80 Å². The molecular weight excluding hydrogens is 422 g/mol. The van der Waals surface area contributed by atoms with Gasteiger partial charge in [-0.25, -0.2) is 0 Å². The highest BCUT2D eigenvalue weighted by molar-refractivity contribution is 5.99. The molecule has 2 unspecified atom stereocenters. The zero-order chi connectivity index (χ0) is 23.8. The van der Waals surface area contributed by atoms with Crippen molar-refractivity contribution in [3.8, 4) is 0 Å². The highest BCUT2D eigenvalue weighted by Crippen LogP contribution is 2.53. The molecule has 8 heteroatoms. The second kappa shape index (κ2) is 9.58. The molecule has 0 aromatic carbocycles. The van der Waals surface area contributed by atoms with Crippen molar-refractivity contribution in [2.45, 2.75) is 70.2 Å². The Morgan fingerprint density at radius 2 is 1.88 bits per heavy atom. The summed E-state index contributed by atoms with van der Waals surface area (Å²) < 4.78 is 6.58. The van der Waals surface area contributed by atoms with Gasteiger partial charge in [-0.3, -0.25) is 14.4 Å². The first-order chi connectivity index (χ1) is 15.9. The van der Waals surface area contributed by atoms with Gasteiger partial charge < -0.3 is 24.5 Å². The second-order valence-electron chi connectivity index (χ2n) is 9.69. The average molecular weight is 460 g/mol. The zero-order valence-corrected chi connectivity index (χ0v) is 20.0. The number of likely N-dealkylation sites (tertiary alicyclic amines) is 1. The number of aliphatic hydroxyl groups is 1. The van der Waals surface area contributed by atoms with Gasteiger partial charge in [0.2, 0.25) is 17.7 Å². The van der Waals surface area contributed by atoms with E-state index >= 15 is 0 Å². The number of fused-ring (bicyclic) bond motifs is 2. The lowest BCUT2D eigenvalue weighted by Crippen LogP contribution is -2.56. The number of hydrogen-bond acceptors (Lipinski definition) is 5. The van der Waals surface area contributed by atoms with Crippen molar-refractivity contribution in [3.63, 3.8) is 0 Å². The monoisotopic (exact) mass is 459 g/mol. The maximum Gasteiger partial charge on any atom is 0.249 e. The van der Waals surface area contributed by atoms with Gasteiger partial charge in [0.15, 0.2) is 0 Å². The minimum Gasteiger partial charge on any atom is -0.396 e. The fourth-order valence-electron chi connectivity index (χ4n) is 6.13. The third-order valence-electron chi connectivity index (χ3n) is 7.56. The number of rotatable bonds is 8. The summed E-state index contributed by atoms with van der Waals surface area (Å²) in [6.45, 7) is 7.92. The molecule has 0 aromatic rings. The van der Waals surface area contributed by atoms with Crippen molar-refractivity contribution >= 4 is 17.7 Å². The summed E-state index contributed by atoms with van der Waals surface area (Å²) >= 11 is 0. The van der Waals surface area contributed by atoms with Gasteiger partial charge in [0.25, 0.3) is 0 Å². The first-order valence-corrected chi connectivity index (χ1v) is 12.4. The summed E-state index contributed by atoms with van der Waals surface area (Å²) in [5.41, 5.74) is -1.17. The molecular formula is C25H37N3O5. The van der Waals surface area contributed by atoms with Crippen LogP contribution in [0.25, 0.3) is 0 Å². The van der Waals surface area contributed by atoms with Gasteiger partial charge in [0.05, 0.1) is 17.9 Å². The quantitative estimate of drug-likeness (QED) is 0.554. The molecule has 4 aliphatic rings. The van der Waals surface area contributed by atoms with Gasteiger partial charge >= 0.3 is 0 Å². The normalized spacial score (nSPS) is 34.3. The molecule has 6 atom stereocenters. The van der Waals surface area contributed by atoms with E-state index in [1.165, 1.54) is 0 Å². The molecule has 4 rings (SSSR count). The number of nitrogens with zero attached hydrogens (tertiary/aromatic N) is 3. The fourth-order valence-corrected chi connectivity index (χ4v) is 6.13. The van der Waals surface area contributed by atoms with Gasteiger partial charge in [0.1, 0.15) is 11.6 Å². The molecule has 4 aliphatic heterocycles. The molecule has 182 valence electrons. The molecule has 3 amide bonds. The molecule has 0 radical (unpaired) electrons. The summed E-state index contributed by atoms with van der Waals surface area (Å²) in [4.78, 5) is 46.6. The van der Waals surface area contributed by atoms with Crippen LogP contribution in [0.2, 0.25) is 0 Å². The molecule has 2 fully saturated rings. The summed E-state index contributed by atoms with van der Waals surface area (Å²) in [6.07, 6.45) is 10.1. The van der Waals surface area contributed by atoms with Gasteiger partial charge in [-0.05, 0) is 26.2 Å². The van der Waals surface area contributed by atoms with Crippen molar-refractivity contribution in [2.75, 3.05) is 32.8 Å². The van der Waals surface area contributed by atoms with E-state index in [0.29, 0.717) is 26.1 Å². The minimum absolute atomic E-state index is 0.0320. The van der Waals surface area contributed by atoms with Gasteiger partial charge in [-0.15, -0.1) is 0 Å². The molecule has 2 saturated heterocycles. The third kappa shape index (κ3) is 3.81. The van der Waals surface area contributed by atoms with Gasteiger partial charge in [0, 0.05) is 38.8 Å². The fraction of sp³-hybridized carbons (Fsp3) is 0.720. The molecule has 4 heterocycles. The minimum atomic E-state index is -1.17. The standard InChI is InChI=1S/C25H37N3O5/c1-4-9-17(3)27-14-7-11-25-20(23(31)28(15-8-16-29)21(25)24(27)32)19-18(33-25)10-6-13-26(12-5-2)22(19)30/h6-7,10-11,17-21,29H,4-5,8-9,12-16H2,1-3H3/t17?,18-,19+,20+,21?,25+/m1/s1. The summed E-state index contributed by atoms with van der Waals surface area (Å²) in [6, 6.07) is -0.794. The largest absolute Gasteiger partial charge is 0.396 e. The number of aliphatic hydroxyl groups excluding tert-OH is 1. The zero-order valence-electron chi connectivity index (χ0n) is 20.0. The second-order valence-corrected chi connectivity index (χ2v) is 9.69. The molecule has 1 N–H and O–H groups in total. The van der Waals surface area contributed by atoms with Crippen LogP contribution < -0.4 is 0 Å². The Morgan fingerprint density at radius 3 is 2.58 bits per heavy atom. The van der Waals surface area contributed by atoms with Gasteiger partial charge in [-0.2, -0.15) is 0 Å². The Hall–Kier alpha value is -2.19. The summed E-state index contributed by atoms with van der Waals surface area (Å²) in [5.74, 6) is -1.83. The van der Waals surface area contributed by atoms with E-state index in [4.69, 9.17) is 4.74 Å². The number of hydrogen-bond donors (Lipinski definition) is 1. The Bertz CT molecular complexity index is 842. The number of ether oxygens (including phenoxy) is 1. The Labute approximate surface area is 196 Å². The van der Waals surface area contributed by atoms with Gasteiger partial charge in [-0.1, -0.05) is 44.6 Å². The first-order valence-electron chi connectivity index (χ1n) is 12.4. The molecule has 0 aliphatic carbocycles. The van der Waals surface area contributed by atoms with E-state index < -0.39 is 29.6 Å². The molecule has 0 aromatic heterocycles. The number of carbonyl (C=O) groups excluding carboxylic acids is 3. The van der Waals surface area contributed by atoms with Crippen LogP contribution in [-0.4, -0.2) is 94.1 Å². The van der Waals surface area contributed by atoms with Crippen LogP contribution in [-0.2, 0) is 19.1 Å². The van der Waals surface area contributed by atoms with Crippen LogP contribution in [0.4, 0.5) is 0 Å². The van der Waals surface area contributed by atoms with Crippen molar-refractivity contribution in [1.82, 2.24) is 14.7 Å². The van der Waals surface area contributed by atoms with Crippen LogP contribution in [0.3, 0.4) is 0 Å². The van der Waals surface area contributed by atoms with E-state index in [0.717, 1.165) is 19.3 Å². The Kier molecular flexibility index (Phi) is 6.96. The summed E-state index contributed by atoms with van der Waals surface area (Å²) in [7, 11) is 0. The van der Waals surface area contributed by atoms with E-state index in [2.05, 4.69) is 6.92 Å². The van der Waals surface area contributed by atoms with Crippen LogP contribution in [0, 0.1) is 11.8 Å². The average Bonchev–Trinajstić information content (AvgIpc) is 3.10. The predicted octanol–water partition coefficient (Wildman–Crippen LogP) is 1.35. The molecule has 0 saturated carbocycles. The van der Waals surface area contributed by atoms with Crippen molar-refractivity contribution < 1.29 is 24.2 Å². The van der Waals surface area contributed by atoms with Crippen molar-refractivity contribution in [2.24, 2.45) is 11.8 Å². The SMILES string of the molecule is CCCC(C)N1CC=C[C@]23O[C@@H]4C=CCN(CCC)C(=O)[C@@H]4[C@H]2C(=O)N(CCCO)C3C1=O. The van der Waals surface area contributed by atoms with Crippen molar-refractivity contribution in [3.05, 3.63) is 24.3 Å². The predicted molar refractivity (Wildman–Crippen MR) is 123 cm³/mol. The van der Waals surface area contributed by atoms with E-state index in [1.807, 2.05) is 43.1 Å². The van der Waals surface area contributed by atoms with Crippen LogP contribution in [0.15, 0.2) is 24.3 Å². The van der Waals surface area contributed by atoms with Crippen molar-refractivity contribution in [1.29, 1.82) is 0 Å². The maximum absolute atomic E-state index is 14.0. The molecule has 33 heavy (non-hydrogen) atoms. The lowest BCUT2D eigenvalue weighted by atomic mass is 9.77. The smallest absolute Gasteiger partial charge is 0.249 e. The van der Waals surface area contributed by atoms with Crippen LogP contribution >= 0.6 is 0 Å². The topological polar surface area (TPSA) is 90.4 Å². The third-order valence-corrected chi connectivity index (χ3v) is 7.56. The van der Waals surface area contributed by atoms with E-state index in [-0.39, 0.29) is 36.9 Å². The lowest BCUT2D eigenvalue weighted by molar-refractivity contribution is -0.149. The molecule has 0 bridgehead atoms. The highest BCUT2D eigenvalue weighted by Gasteiger charge is 2.71. The Morgan fingerprint density at radius 1 is 1.09 bits per heavy atom. The molecule has 1 spiro atoms. The number of amides is 3. The number of carbonyl (C=O) groups is 3. The van der Waals surface area contributed by atoms with Crippen LogP contribution in [0.5, 0.6) is 0 Å². The lowest BCUT2D eigenvalue weighted by Gasteiger charge is -2.37.